The number of aryl methyl sites for hydroxylation is 1. The van der Waals surface area contributed by atoms with E-state index in [1.807, 2.05) is 0 Å². The van der Waals surface area contributed by atoms with E-state index in [1.54, 1.807) is 37.6 Å². The zero-order valence-corrected chi connectivity index (χ0v) is 15.5. The maximum absolute atomic E-state index is 12.7. The van der Waals surface area contributed by atoms with Gasteiger partial charge in [0.05, 0.1) is 30.6 Å². The lowest BCUT2D eigenvalue weighted by atomic mass is 10.1. The number of hydrogen-bond donors (Lipinski definition) is 1. The molecule has 29 heavy (non-hydrogen) atoms. The number of imidazole rings is 1. The first-order chi connectivity index (χ1) is 13.7. The number of nitrogens with zero attached hydrogens (tertiary/aromatic N) is 6. The van der Waals surface area contributed by atoms with Crippen molar-refractivity contribution in [2.45, 2.75) is 19.5 Å². The van der Waals surface area contributed by atoms with Crippen molar-refractivity contribution in [2.75, 3.05) is 12.8 Å². The molecule has 0 radical (unpaired) electrons. The lowest BCUT2D eigenvalue weighted by Crippen LogP contribution is -2.11. The monoisotopic (exact) mass is 403 g/mol. The van der Waals surface area contributed by atoms with Crippen LogP contribution in [-0.2, 0) is 6.42 Å². The maximum atomic E-state index is 12.7. The Bertz CT molecular complexity index is 1200. The van der Waals surface area contributed by atoms with Gasteiger partial charge in [-0.3, -0.25) is 0 Å². The summed E-state index contributed by atoms with van der Waals surface area (Å²) in [5.74, 6) is 0.896. The van der Waals surface area contributed by atoms with E-state index >= 15 is 0 Å². The molecule has 4 aromatic heterocycles. The quantitative estimate of drug-likeness (QED) is 0.563. The van der Waals surface area contributed by atoms with Gasteiger partial charge in [-0.05, 0) is 25.1 Å². The van der Waals surface area contributed by atoms with E-state index in [4.69, 9.17) is 10.5 Å². The van der Waals surface area contributed by atoms with Crippen LogP contribution in [0.2, 0.25) is 0 Å². The molecule has 0 aliphatic rings. The van der Waals surface area contributed by atoms with E-state index in [-0.39, 0.29) is 17.0 Å². The van der Waals surface area contributed by atoms with Crippen molar-refractivity contribution in [1.29, 1.82) is 0 Å². The third-order valence-electron chi connectivity index (χ3n) is 4.26. The Kier molecular flexibility index (Phi) is 4.36. The highest BCUT2D eigenvalue weighted by Crippen LogP contribution is 2.31. The van der Waals surface area contributed by atoms with E-state index in [1.165, 1.54) is 22.4 Å². The molecule has 0 spiro atoms. The zero-order chi connectivity index (χ0) is 20.8. The zero-order valence-electron chi connectivity index (χ0n) is 15.5. The molecule has 150 valence electrons. The van der Waals surface area contributed by atoms with Gasteiger partial charge in [-0.25, -0.2) is 19.6 Å². The third kappa shape index (κ3) is 3.58. The van der Waals surface area contributed by atoms with Gasteiger partial charge in [0.25, 0.3) is 0 Å². The first-order valence-corrected chi connectivity index (χ1v) is 8.52. The Morgan fingerprint density at radius 1 is 1.17 bits per heavy atom. The van der Waals surface area contributed by atoms with Gasteiger partial charge in [0.2, 0.25) is 5.88 Å². The van der Waals surface area contributed by atoms with Crippen LogP contribution in [0.3, 0.4) is 0 Å². The summed E-state index contributed by atoms with van der Waals surface area (Å²) < 4.78 is 46.4. The largest absolute Gasteiger partial charge is 0.479 e. The van der Waals surface area contributed by atoms with Crippen molar-refractivity contribution in [3.63, 3.8) is 0 Å². The summed E-state index contributed by atoms with van der Waals surface area (Å²) in [4.78, 5) is 12.6. The minimum Gasteiger partial charge on any atom is -0.479 e. The van der Waals surface area contributed by atoms with Gasteiger partial charge in [-0.15, -0.1) is 0 Å². The number of nitrogen functional groups attached to an aromatic ring is 1. The van der Waals surface area contributed by atoms with Crippen LogP contribution < -0.4 is 10.5 Å². The van der Waals surface area contributed by atoms with Crippen LogP contribution >= 0.6 is 0 Å². The van der Waals surface area contributed by atoms with Gasteiger partial charge in [0.15, 0.2) is 5.65 Å². The molecule has 0 atom stereocenters. The Labute approximate surface area is 162 Å². The molecule has 0 unspecified atom stereocenters. The highest BCUT2D eigenvalue weighted by Gasteiger charge is 2.29. The Hall–Kier alpha value is -3.63. The van der Waals surface area contributed by atoms with Gasteiger partial charge < -0.3 is 14.9 Å². The molecule has 8 nitrogen and oxygen atoms in total. The van der Waals surface area contributed by atoms with Crippen molar-refractivity contribution in [3.05, 3.63) is 48.4 Å². The number of fused-ring (bicyclic) bond motifs is 1. The van der Waals surface area contributed by atoms with Crippen LogP contribution in [0.25, 0.3) is 22.6 Å². The molecule has 0 aromatic carbocycles. The van der Waals surface area contributed by atoms with Gasteiger partial charge in [-0.2, -0.15) is 18.3 Å². The van der Waals surface area contributed by atoms with Crippen LogP contribution in [0.1, 0.15) is 11.5 Å². The van der Waals surface area contributed by atoms with E-state index in [9.17, 15) is 13.2 Å². The summed E-state index contributed by atoms with van der Waals surface area (Å²) in [7, 11) is 1.48. The van der Waals surface area contributed by atoms with Crippen LogP contribution in [0.15, 0.2) is 36.9 Å². The molecule has 4 aromatic rings. The fraction of sp³-hybridized carbons (Fsp3) is 0.222. The number of rotatable bonds is 4. The van der Waals surface area contributed by atoms with Crippen LogP contribution in [0.4, 0.5) is 18.9 Å². The van der Waals surface area contributed by atoms with Crippen molar-refractivity contribution >= 4 is 11.3 Å². The van der Waals surface area contributed by atoms with Crippen molar-refractivity contribution in [3.8, 4) is 22.8 Å². The topological polar surface area (TPSA) is 96.2 Å². The molecule has 4 rings (SSSR count). The standard InChI is InChI=1S/C18H16F3N7O/c1-10-23-9-28(26-10)14-4-3-13(25-17(14)29-2)12-5-6-27-8-11(7-18(19,20)21)24-16(27)15(12)22/h3-6,8-9H,7,22H2,1-2H3. The van der Waals surface area contributed by atoms with Gasteiger partial charge in [0, 0.05) is 18.0 Å². The minimum absolute atomic E-state index is 0.108. The smallest absolute Gasteiger partial charge is 0.394 e. The van der Waals surface area contributed by atoms with E-state index in [2.05, 4.69) is 20.1 Å². The Balaban J connectivity index is 1.77. The molecular weight excluding hydrogens is 387 g/mol. The van der Waals surface area contributed by atoms with Crippen molar-refractivity contribution in [1.82, 2.24) is 29.1 Å². The molecule has 0 amide bonds. The number of nitrogens with two attached hydrogens (primary N) is 1. The Morgan fingerprint density at radius 3 is 2.62 bits per heavy atom. The fourth-order valence-corrected chi connectivity index (χ4v) is 3.01. The maximum Gasteiger partial charge on any atom is 0.394 e. The lowest BCUT2D eigenvalue weighted by Gasteiger charge is -2.11. The molecule has 0 aliphatic heterocycles. The number of halogens is 3. The van der Waals surface area contributed by atoms with Crippen molar-refractivity contribution in [2.24, 2.45) is 0 Å². The summed E-state index contributed by atoms with van der Waals surface area (Å²) in [6.07, 6.45) is -1.02. The molecule has 0 fully saturated rings. The van der Waals surface area contributed by atoms with Crippen LogP contribution in [0.5, 0.6) is 5.88 Å². The van der Waals surface area contributed by atoms with Gasteiger partial charge >= 0.3 is 6.18 Å². The molecule has 0 saturated carbocycles. The normalized spacial score (nSPS) is 11.9. The second-order valence-electron chi connectivity index (χ2n) is 6.36. The predicted octanol–water partition coefficient (Wildman–Crippen LogP) is 2.98. The summed E-state index contributed by atoms with van der Waals surface area (Å²) >= 11 is 0. The average Bonchev–Trinajstić information content (AvgIpc) is 3.26. The summed E-state index contributed by atoms with van der Waals surface area (Å²) in [6, 6.07) is 5.14. The molecule has 2 N–H and O–H groups in total. The highest BCUT2D eigenvalue weighted by molar-refractivity contribution is 5.84. The number of pyridine rings is 2. The second kappa shape index (κ2) is 6.76. The first-order valence-electron chi connectivity index (χ1n) is 8.52. The molecular formula is C18H16F3N7O. The molecule has 0 aliphatic carbocycles. The number of alkyl halides is 3. The molecule has 0 bridgehead atoms. The Morgan fingerprint density at radius 2 is 1.97 bits per heavy atom. The fourth-order valence-electron chi connectivity index (χ4n) is 3.01. The minimum atomic E-state index is -4.35. The van der Waals surface area contributed by atoms with Crippen molar-refractivity contribution < 1.29 is 17.9 Å². The SMILES string of the molecule is COc1nc(-c2ccn3cc(CC(F)(F)F)nc3c2N)ccc1-n1cnc(C)n1. The summed E-state index contributed by atoms with van der Waals surface area (Å²) in [5.41, 5.74) is 8.15. The highest BCUT2D eigenvalue weighted by atomic mass is 19.4. The van der Waals surface area contributed by atoms with Crippen LogP contribution in [0, 0.1) is 6.92 Å². The summed E-state index contributed by atoms with van der Waals surface area (Å²) in [5, 5.41) is 4.24. The average molecular weight is 403 g/mol. The van der Waals surface area contributed by atoms with Gasteiger partial charge in [0.1, 0.15) is 17.8 Å². The first kappa shape index (κ1) is 18.7. The molecule has 4 heterocycles. The number of anilines is 1. The van der Waals surface area contributed by atoms with E-state index < -0.39 is 12.6 Å². The molecule has 11 heteroatoms. The number of methoxy groups -OCH3 is 1. The second-order valence-corrected chi connectivity index (χ2v) is 6.36. The lowest BCUT2D eigenvalue weighted by molar-refractivity contribution is -0.127. The van der Waals surface area contributed by atoms with Gasteiger partial charge in [-0.1, -0.05) is 0 Å². The third-order valence-corrected chi connectivity index (χ3v) is 4.26. The molecule has 0 saturated heterocycles. The number of hydrogen-bond acceptors (Lipinski definition) is 6. The predicted molar refractivity (Wildman–Crippen MR) is 98.8 cm³/mol. The van der Waals surface area contributed by atoms with Crippen LogP contribution in [-0.4, -0.2) is 42.4 Å². The van der Waals surface area contributed by atoms with E-state index in [0.29, 0.717) is 28.6 Å². The summed E-state index contributed by atoms with van der Waals surface area (Å²) in [6.45, 7) is 1.76. The number of ether oxygens (including phenoxy) is 1. The van der Waals surface area contributed by atoms with E-state index in [0.717, 1.165) is 0 Å². The number of aromatic nitrogens is 6.